The van der Waals surface area contributed by atoms with Gasteiger partial charge in [0.05, 0.1) is 0 Å². The molecule has 6 rings (SSSR count). The highest BCUT2D eigenvalue weighted by Crippen LogP contribution is 2.37. The van der Waals surface area contributed by atoms with E-state index in [1.54, 1.807) is 0 Å². The van der Waals surface area contributed by atoms with Crippen molar-refractivity contribution in [3.05, 3.63) is 72.1 Å². The van der Waals surface area contributed by atoms with Gasteiger partial charge < -0.3 is 9.97 Å². The van der Waals surface area contributed by atoms with Gasteiger partial charge in [0, 0.05) is 33.2 Å². The van der Waals surface area contributed by atoms with Crippen molar-refractivity contribution in [1.29, 1.82) is 0 Å². The molecule has 0 bridgehead atoms. The molecule has 0 aliphatic heterocycles. The quantitative estimate of drug-likeness (QED) is 0.104. The third kappa shape index (κ3) is 5.51. The van der Waals surface area contributed by atoms with Crippen LogP contribution in [0, 0.1) is 0 Å². The summed E-state index contributed by atoms with van der Waals surface area (Å²) in [5.41, 5.74) is 5.28. The number of fused-ring (bicyclic) bond motifs is 9. The van der Waals surface area contributed by atoms with E-state index in [0.717, 1.165) is 12.8 Å². The molecule has 0 unspecified atom stereocenters. The van der Waals surface area contributed by atoms with Crippen molar-refractivity contribution in [2.45, 2.75) is 104 Å². The fourth-order valence-electron chi connectivity index (χ4n) is 6.84. The Bertz CT molecular complexity index is 1600. The Morgan fingerprint density at radius 1 is 0.375 bits per heavy atom. The van der Waals surface area contributed by atoms with Gasteiger partial charge in [-0.1, -0.05) is 114 Å². The van der Waals surface area contributed by atoms with Crippen molar-refractivity contribution in [3.63, 3.8) is 0 Å². The van der Waals surface area contributed by atoms with E-state index in [-0.39, 0.29) is 0 Å². The zero-order valence-corrected chi connectivity index (χ0v) is 24.7. The average molecular weight is 531 g/mol. The minimum Gasteiger partial charge on any atom is -0.358 e. The van der Waals surface area contributed by atoms with Gasteiger partial charge in [-0.3, -0.25) is 0 Å². The Morgan fingerprint density at radius 3 is 1.10 bits per heavy atom. The number of hydrogen-bond donors (Lipinski definition) is 2. The second kappa shape index (κ2) is 12.5. The largest absolute Gasteiger partial charge is 0.358 e. The van der Waals surface area contributed by atoms with Gasteiger partial charge >= 0.3 is 0 Å². The molecule has 2 N–H and O–H groups in total. The summed E-state index contributed by atoms with van der Waals surface area (Å²) in [6.07, 6.45) is 18.4. The van der Waals surface area contributed by atoms with E-state index >= 15 is 0 Å². The SMILES string of the molecule is CCCCCCCCc1cc2c(ccc3c2ccc2c4ccc5[nH]c(CCCCCCCC)cc5c4ccc32)[nH]1. The Kier molecular flexibility index (Phi) is 8.42. The summed E-state index contributed by atoms with van der Waals surface area (Å²) in [5.74, 6) is 0. The van der Waals surface area contributed by atoms with E-state index in [9.17, 15) is 0 Å². The van der Waals surface area contributed by atoms with Crippen LogP contribution in [0.25, 0.3) is 54.1 Å². The minimum absolute atomic E-state index is 1.15. The molecular formula is C38H46N2. The van der Waals surface area contributed by atoms with Gasteiger partial charge in [-0.25, -0.2) is 0 Å². The molecule has 2 aromatic heterocycles. The standard InChI is InChI=1S/C38H46N2/c1-3-5-7-9-11-13-15-27-25-35-33-19-17-30-29(31(33)21-23-37(35)39-27)18-20-34-32(30)22-24-38-36(34)26-28(40-38)16-14-12-10-8-6-4-2/h17-26,39-40H,3-16H2,1-2H3. The minimum atomic E-state index is 1.15. The first-order chi connectivity index (χ1) is 19.8. The number of benzene rings is 4. The normalized spacial score (nSPS) is 12.2. The highest BCUT2D eigenvalue weighted by Gasteiger charge is 2.12. The summed E-state index contributed by atoms with van der Waals surface area (Å²) in [4.78, 5) is 7.43. The molecule has 0 saturated heterocycles. The molecule has 6 aromatic rings. The van der Waals surface area contributed by atoms with Gasteiger partial charge in [-0.2, -0.15) is 0 Å². The number of aromatic amines is 2. The predicted molar refractivity (Wildman–Crippen MR) is 177 cm³/mol. The number of nitrogens with one attached hydrogen (secondary N) is 2. The molecule has 0 aliphatic carbocycles. The van der Waals surface area contributed by atoms with Crippen molar-refractivity contribution in [2.24, 2.45) is 0 Å². The molecule has 0 atom stereocenters. The maximum Gasteiger partial charge on any atom is 0.0462 e. The predicted octanol–water partition coefficient (Wildman–Crippen LogP) is 11.9. The van der Waals surface area contributed by atoms with Crippen molar-refractivity contribution in [3.8, 4) is 0 Å². The van der Waals surface area contributed by atoms with E-state index in [0.29, 0.717) is 0 Å². The lowest BCUT2D eigenvalue weighted by Crippen LogP contribution is -1.85. The number of H-pyrrole nitrogens is 2. The van der Waals surface area contributed by atoms with Gasteiger partial charge in [0.2, 0.25) is 0 Å². The Labute approximate surface area is 239 Å². The van der Waals surface area contributed by atoms with Gasteiger partial charge in [0.15, 0.2) is 0 Å². The van der Waals surface area contributed by atoms with Crippen LogP contribution in [0.5, 0.6) is 0 Å². The Hall–Kier alpha value is -3.26. The Balaban J connectivity index is 1.26. The Morgan fingerprint density at radius 2 is 0.700 bits per heavy atom. The monoisotopic (exact) mass is 530 g/mol. The zero-order valence-electron chi connectivity index (χ0n) is 24.7. The zero-order chi connectivity index (χ0) is 27.3. The maximum absolute atomic E-state index is 3.71. The van der Waals surface area contributed by atoms with E-state index < -0.39 is 0 Å². The lowest BCUT2D eigenvalue weighted by molar-refractivity contribution is 0.605. The first-order valence-corrected chi connectivity index (χ1v) is 16.2. The van der Waals surface area contributed by atoms with Gasteiger partial charge in [-0.15, -0.1) is 0 Å². The van der Waals surface area contributed by atoms with Gasteiger partial charge in [0.25, 0.3) is 0 Å². The van der Waals surface area contributed by atoms with E-state index in [1.165, 1.54) is 143 Å². The summed E-state index contributed by atoms with van der Waals surface area (Å²) < 4.78 is 0. The fourth-order valence-corrected chi connectivity index (χ4v) is 6.84. The van der Waals surface area contributed by atoms with Crippen LogP contribution in [0.3, 0.4) is 0 Å². The van der Waals surface area contributed by atoms with Crippen LogP contribution in [0.4, 0.5) is 0 Å². The highest BCUT2D eigenvalue weighted by atomic mass is 14.7. The average Bonchev–Trinajstić information content (AvgIpc) is 3.60. The number of rotatable bonds is 14. The molecule has 0 fully saturated rings. The number of aromatic nitrogens is 2. The van der Waals surface area contributed by atoms with Crippen molar-refractivity contribution < 1.29 is 0 Å². The van der Waals surface area contributed by atoms with E-state index in [4.69, 9.17) is 0 Å². The number of hydrogen-bond acceptors (Lipinski definition) is 0. The lowest BCUT2D eigenvalue weighted by Gasteiger charge is -2.09. The second-order valence-corrected chi connectivity index (χ2v) is 12.1. The summed E-state index contributed by atoms with van der Waals surface area (Å²) in [7, 11) is 0. The van der Waals surface area contributed by atoms with Crippen LogP contribution in [-0.4, -0.2) is 9.97 Å². The topological polar surface area (TPSA) is 31.6 Å². The van der Waals surface area contributed by atoms with E-state index in [1.807, 2.05) is 0 Å². The molecule has 2 heterocycles. The molecule has 4 aromatic carbocycles. The summed E-state index contributed by atoms with van der Waals surface area (Å²) in [6.45, 7) is 4.57. The van der Waals surface area contributed by atoms with Crippen LogP contribution in [0.1, 0.15) is 102 Å². The lowest BCUT2D eigenvalue weighted by atomic mass is 9.94. The third-order valence-corrected chi connectivity index (χ3v) is 9.11. The molecule has 2 heteroatoms. The maximum atomic E-state index is 3.71. The molecule has 0 saturated carbocycles. The molecule has 0 aliphatic rings. The van der Waals surface area contributed by atoms with Crippen LogP contribution >= 0.6 is 0 Å². The third-order valence-electron chi connectivity index (χ3n) is 9.11. The van der Waals surface area contributed by atoms with Crippen LogP contribution in [-0.2, 0) is 12.8 Å². The summed E-state index contributed by atoms with van der Waals surface area (Å²) in [6, 6.07) is 23.5. The molecule has 2 nitrogen and oxygen atoms in total. The first kappa shape index (κ1) is 26.9. The second-order valence-electron chi connectivity index (χ2n) is 12.1. The van der Waals surface area contributed by atoms with Gasteiger partial charge in [0.1, 0.15) is 0 Å². The van der Waals surface area contributed by atoms with Crippen LogP contribution in [0.2, 0.25) is 0 Å². The molecular weight excluding hydrogens is 484 g/mol. The van der Waals surface area contributed by atoms with Crippen molar-refractivity contribution >= 4 is 54.1 Å². The summed E-state index contributed by atoms with van der Waals surface area (Å²) in [5, 5.41) is 10.9. The number of aryl methyl sites for hydroxylation is 2. The van der Waals surface area contributed by atoms with Crippen LogP contribution < -0.4 is 0 Å². The number of unbranched alkanes of at least 4 members (excludes halogenated alkanes) is 10. The molecule has 0 spiro atoms. The molecule has 40 heavy (non-hydrogen) atoms. The van der Waals surface area contributed by atoms with Crippen molar-refractivity contribution in [2.75, 3.05) is 0 Å². The van der Waals surface area contributed by atoms with Crippen LogP contribution in [0.15, 0.2) is 60.7 Å². The first-order valence-electron chi connectivity index (χ1n) is 16.2. The van der Waals surface area contributed by atoms with Gasteiger partial charge in [-0.05, 0) is 82.3 Å². The van der Waals surface area contributed by atoms with Crippen molar-refractivity contribution in [1.82, 2.24) is 9.97 Å². The van der Waals surface area contributed by atoms with E-state index in [2.05, 4.69) is 84.5 Å². The fraction of sp³-hybridized carbons (Fsp3) is 0.421. The smallest absolute Gasteiger partial charge is 0.0462 e. The molecule has 208 valence electrons. The summed E-state index contributed by atoms with van der Waals surface area (Å²) >= 11 is 0. The molecule has 0 amide bonds. The highest BCUT2D eigenvalue weighted by molar-refractivity contribution is 6.24. The molecule has 0 radical (unpaired) electrons.